The summed E-state index contributed by atoms with van der Waals surface area (Å²) in [5.74, 6) is 0.00930. The summed E-state index contributed by atoms with van der Waals surface area (Å²) in [7, 11) is 0. The molecule has 3 nitrogen and oxygen atoms in total. The second kappa shape index (κ2) is 5.13. The van der Waals surface area contributed by atoms with E-state index >= 15 is 0 Å². The molecule has 0 aromatic carbocycles. The lowest BCUT2D eigenvalue weighted by atomic mass is 9.73. The number of aliphatic hydroxyl groups is 2. The highest BCUT2D eigenvalue weighted by Crippen LogP contribution is 2.37. The largest absolute Gasteiger partial charge is 0.390 e. The van der Waals surface area contributed by atoms with Gasteiger partial charge in [-0.3, -0.25) is 0 Å². The monoisotopic (exact) mass is 226 g/mol. The molecule has 0 saturated heterocycles. The van der Waals surface area contributed by atoms with Crippen molar-refractivity contribution in [1.29, 1.82) is 0 Å². The van der Waals surface area contributed by atoms with Gasteiger partial charge in [-0.25, -0.2) is 0 Å². The van der Waals surface area contributed by atoms with Crippen LogP contribution >= 0.6 is 0 Å². The molecule has 0 amide bonds. The Balaban J connectivity index is 2.79. The van der Waals surface area contributed by atoms with Crippen LogP contribution in [0.2, 0.25) is 0 Å². The van der Waals surface area contributed by atoms with Gasteiger partial charge >= 0.3 is 0 Å². The molecule has 0 aromatic heterocycles. The van der Waals surface area contributed by atoms with Gasteiger partial charge in [0.25, 0.3) is 0 Å². The Kier molecular flexibility index (Phi) is 4.30. The van der Waals surface area contributed by atoms with Crippen molar-refractivity contribution in [2.75, 3.05) is 6.61 Å². The van der Waals surface area contributed by atoms with E-state index in [1.807, 2.05) is 6.92 Å². The maximum absolute atomic E-state index is 10.2. The topological polar surface area (TPSA) is 49.7 Å². The molecular formula is C13H22O3. The van der Waals surface area contributed by atoms with E-state index in [1.165, 1.54) is 0 Å². The molecule has 0 radical (unpaired) electrons. The maximum Gasteiger partial charge on any atom is 0.113 e. The van der Waals surface area contributed by atoms with Crippen molar-refractivity contribution in [3.8, 4) is 0 Å². The molecular weight excluding hydrogens is 204 g/mol. The molecule has 0 aromatic rings. The highest BCUT2D eigenvalue weighted by molar-refractivity contribution is 5.08. The number of hydrogen-bond acceptors (Lipinski definition) is 3. The summed E-state index contributed by atoms with van der Waals surface area (Å²) in [6, 6.07) is 0. The average Bonchev–Trinajstić information content (AvgIpc) is 2.16. The molecule has 0 aliphatic heterocycles. The Labute approximate surface area is 97.4 Å². The van der Waals surface area contributed by atoms with E-state index in [-0.39, 0.29) is 5.92 Å². The van der Waals surface area contributed by atoms with Gasteiger partial charge in [-0.15, -0.1) is 6.58 Å². The molecule has 4 atom stereocenters. The number of hydrogen-bond donors (Lipinski definition) is 2. The summed E-state index contributed by atoms with van der Waals surface area (Å²) in [6.07, 6.45) is 1.72. The molecule has 0 spiro atoms. The Morgan fingerprint density at radius 2 is 2.25 bits per heavy atom. The predicted molar refractivity (Wildman–Crippen MR) is 64.1 cm³/mol. The van der Waals surface area contributed by atoms with Gasteiger partial charge in [0.1, 0.15) is 6.10 Å². The minimum absolute atomic E-state index is 0.00930. The fourth-order valence-electron chi connectivity index (χ4n) is 2.33. The molecule has 0 heterocycles. The summed E-state index contributed by atoms with van der Waals surface area (Å²) in [5.41, 5.74) is -0.0378. The minimum Gasteiger partial charge on any atom is -0.390 e. The summed E-state index contributed by atoms with van der Waals surface area (Å²) in [6.45, 7) is 11.4. The molecule has 0 bridgehead atoms. The van der Waals surface area contributed by atoms with Crippen LogP contribution in [0.4, 0.5) is 0 Å². The van der Waals surface area contributed by atoms with Crippen molar-refractivity contribution < 1.29 is 14.9 Å². The molecule has 16 heavy (non-hydrogen) atoms. The Morgan fingerprint density at radius 1 is 1.62 bits per heavy atom. The van der Waals surface area contributed by atoms with E-state index in [0.717, 1.165) is 12.0 Å². The second-order valence-corrected chi connectivity index (χ2v) is 4.88. The van der Waals surface area contributed by atoms with Gasteiger partial charge < -0.3 is 14.9 Å². The van der Waals surface area contributed by atoms with E-state index < -0.39 is 17.8 Å². The summed E-state index contributed by atoms with van der Waals surface area (Å²) in [4.78, 5) is 0. The third-order valence-electron chi connectivity index (χ3n) is 3.32. The average molecular weight is 226 g/mol. The van der Waals surface area contributed by atoms with Gasteiger partial charge in [-0.05, 0) is 26.7 Å². The van der Waals surface area contributed by atoms with Crippen LogP contribution < -0.4 is 0 Å². The number of rotatable bonds is 4. The lowest BCUT2D eigenvalue weighted by molar-refractivity contribution is -0.175. The number of ether oxygens (including phenoxy) is 1. The fraction of sp³-hybridized carbons (Fsp3) is 0.692. The first-order valence-electron chi connectivity index (χ1n) is 5.68. The molecule has 1 saturated carbocycles. The van der Waals surface area contributed by atoms with Crippen molar-refractivity contribution in [3.63, 3.8) is 0 Å². The van der Waals surface area contributed by atoms with Crippen LogP contribution in [0.5, 0.6) is 0 Å². The van der Waals surface area contributed by atoms with E-state index in [0.29, 0.717) is 13.0 Å². The summed E-state index contributed by atoms with van der Waals surface area (Å²) >= 11 is 0. The van der Waals surface area contributed by atoms with Crippen LogP contribution in [-0.4, -0.2) is 34.6 Å². The lowest BCUT2D eigenvalue weighted by Gasteiger charge is -2.44. The third kappa shape index (κ3) is 2.73. The summed E-state index contributed by atoms with van der Waals surface area (Å²) in [5, 5.41) is 20.4. The first kappa shape index (κ1) is 13.4. The Bertz CT molecular complexity index is 270. The molecule has 2 N–H and O–H groups in total. The Morgan fingerprint density at radius 3 is 2.75 bits per heavy atom. The van der Waals surface area contributed by atoms with Crippen LogP contribution in [0, 0.1) is 5.92 Å². The Hall–Kier alpha value is -0.640. The van der Waals surface area contributed by atoms with E-state index in [1.54, 1.807) is 13.0 Å². The second-order valence-electron chi connectivity index (χ2n) is 4.88. The minimum atomic E-state index is -0.978. The smallest absolute Gasteiger partial charge is 0.113 e. The zero-order valence-corrected chi connectivity index (χ0v) is 10.1. The highest BCUT2D eigenvalue weighted by Gasteiger charge is 2.45. The van der Waals surface area contributed by atoms with Crippen LogP contribution in [0.15, 0.2) is 24.8 Å². The summed E-state index contributed by atoms with van der Waals surface area (Å²) < 4.78 is 5.48. The van der Waals surface area contributed by atoms with E-state index in [4.69, 9.17) is 4.74 Å². The molecule has 1 rings (SSSR count). The van der Waals surface area contributed by atoms with Gasteiger partial charge in [0.2, 0.25) is 0 Å². The van der Waals surface area contributed by atoms with Crippen molar-refractivity contribution in [1.82, 2.24) is 0 Å². The molecule has 0 unspecified atom stereocenters. The first-order valence-corrected chi connectivity index (χ1v) is 5.68. The quantitative estimate of drug-likeness (QED) is 0.717. The van der Waals surface area contributed by atoms with Crippen molar-refractivity contribution in [3.05, 3.63) is 24.8 Å². The van der Waals surface area contributed by atoms with Crippen molar-refractivity contribution >= 4 is 0 Å². The first-order chi connectivity index (χ1) is 7.40. The van der Waals surface area contributed by atoms with Crippen LogP contribution in [0.1, 0.15) is 26.7 Å². The SMILES string of the molecule is C=CCO[C@@H]1[C@@H](O)[C@@H](C(=C)C)CC[C@@]1(C)O. The molecule has 1 aliphatic rings. The van der Waals surface area contributed by atoms with Crippen molar-refractivity contribution in [2.24, 2.45) is 5.92 Å². The van der Waals surface area contributed by atoms with Gasteiger partial charge in [-0.1, -0.05) is 18.2 Å². The zero-order valence-electron chi connectivity index (χ0n) is 10.1. The van der Waals surface area contributed by atoms with Gasteiger partial charge in [0.05, 0.1) is 18.3 Å². The van der Waals surface area contributed by atoms with Crippen molar-refractivity contribution in [2.45, 2.75) is 44.5 Å². The third-order valence-corrected chi connectivity index (χ3v) is 3.32. The molecule has 1 fully saturated rings. The van der Waals surface area contributed by atoms with Gasteiger partial charge in [-0.2, -0.15) is 0 Å². The van der Waals surface area contributed by atoms with Gasteiger partial charge in [0, 0.05) is 5.92 Å². The molecule has 92 valence electrons. The van der Waals surface area contributed by atoms with Crippen LogP contribution in [-0.2, 0) is 4.74 Å². The van der Waals surface area contributed by atoms with Gasteiger partial charge in [0.15, 0.2) is 0 Å². The standard InChI is InChI=1S/C13H22O3/c1-5-8-16-12-11(14)10(9(2)3)6-7-13(12,4)15/h5,10-12,14-15H,1-2,6-8H2,3-4H3/t10-,11+,12-,13-/m1/s1. The molecule has 3 heteroatoms. The van der Waals surface area contributed by atoms with Crippen LogP contribution in [0.25, 0.3) is 0 Å². The van der Waals surface area contributed by atoms with E-state index in [9.17, 15) is 10.2 Å². The maximum atomic E-state index is 10.2. The zero-order chi connectivity index (χ0) is 12.3. The fourth-order valence-corrected chi connectivity index (χ4v) is 2.33. The van der Waals surface area contributed by atoms with Crippen LogP contribution in [0.3, 0.4) is 0 Å². The number of aliphatic hydroxyl groups excluding tert-OH is 1. The highest BCUT2D eigenvalue weighted by atomic mass is 16.5. The van der Waals surface area contributed by atoms with E-state index in [2.05, 4.69) is 13.2 Å². The lowest BCUT2D eigenvalue weighted by Crippen LogP contribution is -2.55. The molecule has 1 aliphatic carbocycles. The predicted octanol–water partition coefficient (Wildman–Crippen LogP) is 1.66. The normalized spacial score (nSPS) is 39.4.